The van der Waals surface area contributed by atoms with E-state index in [9.17, 15) is 9.00 Å². The van der Waals surface area contributed by atoms with Gasteiger partial charge in [-0.05, 0) is 0 Å². The van der Waals surface area contributed by atoms with Gasteiger partial charge in [0.25, 0.3) is 0 Å². The molecule has 0 aliphatic carbocycles. The van der Waals surface area contributed by atoms with E-state index in [0.717, 1.165) is 9.14 Å². The van der Waals surface area contributed by atoms with E-state index in [-0.39, 0.29) is 5.91 Å². The van der Waals surface area contributed by atoms with E-state index in [1.54, 1.807) is 0 Å². The first kappa shape index (κ1) is 14.2. The summed E-state index contributed by atoms with van der Waals surface area (Å²) in [6, 6.07) is 9.66. The molecule has 1 amide bonds. The third-order valence-electron chi connectivity index (χ3n) is 2.66. The molecule has 1 aromatic rings. The summed E-state index contributed by atoms with van der Waals surface area (Å²) in [4.78, 5) is 14.2. The molecule has 1 aliphatic heterocycles. The van der Waals surface area contributed by atoms with Crippen LogP contribution in [0.15, 0.2) is 38.4 Å². The Morgan fingerprint density at radius 2 is 1.94 bits per heavy atom. The molecule has 0 bridgehead atoms. The molecule has 1 heterocycles. The Labute approximate surface area is 123 Å². The van der Waals surface area contributed by atoms with E-state index in [4.69, 9.17) is 0 Å². The van der Waals surface area contributed by atoms with Crippen LogP contribution in [0.4, 0.5) is 0 Å². The summed E-state index contributed by atoms with van der Waals surface area (Å²) in [5.41, 5.74) is 1.00. The van der Waals surface area contributed by atoms with Gasteiger partial charge in [-0.25, -0.2) is 0 Å². The quantitative estimate of drug-likeness (QED) is 0.401. The van der Waals surface area contributed by atoms with Crippen molar-refractivity contribution in [3.8, 4) is 0 Å². The van der Waals surface area contributed by atoms with Crippen LogP contribution in [0, 0.1) is 0 Å². The molecule has 1 atom stereocenters. The van der Waals surface area contributed by atoms with Crippen LogP contribution in [-0.2, 0) is 19.5 Å². The molecule has 0 saturated carbocycles. The number of halogens is 2. The third kappa shape index (κ3) is 2.70. The third-order valence-corrected chi connectivity index (χ3v) is 14.6. The van der Waals surface area contributed by atoms with Gasteiger partial charge in [0, 0.05) is 0 Å². The number of benzene rings is 1. The molecule has 1 aliphatic rings. The zero-order valence-electron chi connectivity index (χ0n) is 10.0. The van der Waals surface area contributed by atoms with Gasteiger partial charge in [0.1, 0.15) is 0 Å². The number of carbonyl (C=O) groups is 1. The molecule has 3 nitrogen and oxygen atoms in total. The van der Waals surface area contributed by atoms with E-state index in [2.05, 4.69) is 15.9 Å². The molecule has 0 aromatic heterocycles. The van der Waals surface area contributed by atoms with Crippen LogP contribution >= 0.6 is 34.4 Å². The second-order valence-corrected chi connectivity index (χ2v) is 14.8. The van der Waals surface area contributed by atoms with Gasteiger partial charge >= 0.3 is 124 Å². The molecule has 1 aromatic carbocycles. The Bertz CT molecular complexity index is 532. The van der Waals surface area contributed by atoms with Crippen molar-refractivity contribution >= 4 is 48.4 Å². The Hall–Kier alpha value is -0.210. The number of carbonyl (C=O) groups excluding carboxylic acids is 1. The minimum absolute atomic E-state index is 0.162. The number of rotatable bonds is 2. The van der Waals surface area contributed by atoms with E-state index < -0.39 is 26.6 Å². The molecule has 0 radical (unpaired) electrons. The Balaban J connectivity index is 2.29. The summed E-state index contributed by atoms with van der Waals surface area (Å²) in [5, 5.41) is 0. The number of alkyl halides is 1. The van der Waals surface area contributed by atoms with E-state index >= 15 is 0 Å². The second kappa shape index (κ2) is 5.83. The zero-order valence-corrected chi connectivity index (χ0v) is 14.6. The van der Waals surface area contributed by atoms with Crippen LogP contribution in [0.25, 0.3) is 0 Å². The average Bonchev–Trinajstić information content (AvgIpc) is 2.40. The molecular weight excluding hydrogens is 429 g/mol. The van der Waals surface area contributed by atoms with Crippen LogP contribution in [0.2, 0.25) is 0 Å². The molecule has 0 N–H and O–H groups in total. The van der Waals surface area contributed by atoms with Crippen molar-refractivity contribution in [1.29, 1.82) is 0 Å². The van der Waals surface area contributed by atoms with Crippen molar-refractivity contribution in [3.05, 3.63) is 44.0 Å². The summed E-state index contributed by atoms with van der Waals surface area (Å²) >= 11 is 1.58. The summed E-state index contributed by atoms with van der Waals surface area (Å²) < 4.78 is 15.4. The first-order valence-electron chi connectivity index (χ1n) is 5.27. The van der Waals surface area contributed by atoms with Gasteiger partial charge in [0.2, 0.25) is 0 Å². The summed E-state index contributed by atoms with van der Waals surface area (Å²) in [6.45, 7) is 2.32. The van der Waals surface area contributed by atoms with Crippen LogP contribution in [0.1, 0.15) is 12.5 Å². The summed E-state index contributed by atoms with van der Waals surface area (Å²) in [7, 11) is -1.15. The molecule has 18 heavy (non-hydrogen) atoms. The van der Waals surface area contributed by atoms with E-state index in [1.807, 2.05) is 42.2 Å². The molecular formula is C12H13BrINO2S. The van der Waals surface area contributed by atoms with Crippen molar-refractivity contribution < 1.29 is 9.00 Å². The van der Waals surface area contributed by atoms with Crippen LogP contribution < -0.4 is 0 Å². The normalized spacial score (nSPS) is 22.6. The van der Waals surface area contributed by atoms with Crippen molar-refractivity contribution in [1.82, 2.24) is 4.31 Å². The van der Waals surface area contributed by atoms with Crippen molar-refractivity contribution in [2.45, 2.75) is 13.5 Å². The Morgan fingerprint density at radius 1 is 1.33 bits per heavy atom. The van der Waals surface area contributed by atoms with Crippen molar-refractivity contribution in [2.24, 2.45) is 0 Å². The Kier molecular flexibility index (Phi) is 4.60. The van der Waals surface area contributed by atoms with Gasteiger partial charge in [-0.1, -0.05) is 0 Å². The van der Waals surface area contributed by atoms with E-state index in [1.165, 1.54) is 4.31 Å². The number of hydrogen-bond acceptors (Lipinski definition) is 2. The van der Waals surface area contributed by atoms with Crippen LogP contribution in [0.5, 0.6) is 0 Å². The first-order valence-corrected chi connectivity index (χ1v) is 12.9. The Morgan fingerprint density at radius 3 is 2.56 bits per heavy atom. The predicted molar refractivity (Wildman–Crippen MR) is 86.7 cm³/mol. The molecule has 98 valence electrons. The first-order chi connectivity index (χ1) is 8.52. The van der Waals surface area contributed by atoms with Crippen molar-refractivity contribution in [3.63, 3.8) is 0 Å². The van der Waals surface area contributed by atoms with Gasteiger partial charge in [-0.15, -0.1) is 0 Å². The molecule has 6 heteroatoms. The van der Waals surface area contributed by atoms with Gasteiger partial charge in [0.15, 0.2) is 0 Å². The second-order valence-electron chi connectivity index (χ2n) is 3.80. The number of allylic oxidation sites excluding steroid dienone is 1. The van der Waals surface area contributed by atoms with Gasteiger partial charge in [-0.2, -0.15) is 0 Å². The molecule has 1 unspecified atom stereocenters. The van der Waals surface area contributed by atoms with Crippen LogP contribution in [-0.4, -0.2) is 19.4 Å². The number of hydrogen-bond donors (Lipinski definition) is 0. The maximum atomic E-state index is 12.3. The van der Waals surface area contributed by atoms with Crippen molar-refractivity contribution in [2.75, 3.05) is 4.93 Å². The van der Waals surface area contributed by atoms with E-state index in [0.29, 0.717) is 11.0 Å². The molecule has 2 rings (SSSR count). The summed E-state index contributed by atoms with van der Waals surface area (Å²) in [6.07, 6.45) is 0. The SMILES string of the molecule is CC1=C(Br)C(=O)N(Cc2ccccc2)S(=O)I1C. The maximum absolute atomic E-state index is 12.3. The van der Waals surface area contributed by atoms with Crippen LogP contribution in [0.3, 0.4) is 0 Å². The standard InChI is InChI=1S/C12H13BrINO2S/c1-9-11(13)12(16)15(18(17)14(9)2)8-10-6-4-3-5-7-10/h3-7H,8H2,1-2H3. The fraction of sp³-hybridized carbons (Fsp3) is 0.250. The fourth-order valence-electron chi connectivity index (χ4n) is 1.53. The van der Waals surface area contributed by atoms with Gasteiger partial charge in [-0.3, -0.25) is 0 Å². The topological polar surface area (TPSA) is 37.4 Å². The monoisotopic (exact) mass is 441 g/mol. The average molecular weight is 442 g/mol. The fourth-order valence-corrected chi connectivity index (χ4v) is 11.2. The molecule has 0 saturated heterocycles. The number of amides is 1. The number of nitrogens with zero attached hydrogens (tertiary/aromatic N) is 1. The summed E-state index contributed by atoms with van der Waals surface area (Å²) in [5.74, 6) is -0.162. The zero-order chi connectivity index (χ0) is 13.3. The molecule has 0 spiro atoms. The van der Waals surface area contributed by atoms with Gasteiger partial charge < -0.3 is 0 Å². The minimum atomic E-state index is -1.75. The predicted octanol–water partition coefficient (Wildman–Crippen LogP) is 3.37. The molecule has 0 fully saturated rings. The van der Waals surface area contributed by atoms with Gasteiger partial charge in [0.05, 0.1) is 0 Å².